The van der Waals surface area contributed by atoms with Gasteiger partial charge in [-0.15, -0.1) is 0 Å². The highest BCUT2D eigenvalue weighted by Crippen LogP contribution is 2.43. The van der Waals surface area contributed by atoms with Crippen LogP contribution in [0.4, 0.5) is 0 Å². The van der Waals surface area contributed by atoms with E-state index in [1.165, 1.54) is 96.3 Å². The Morgan fingerprint density at radius 2 is 0.797 bits per heavy atom. The van der Waals surface area contributed by atoms with E-state index in [0.29, 0.717) is 12.8 Å². The molecule has 0 radical (unpaired) electrons. The highest BCUT2D eigenvalue weighted by atomic mass is 31.2. The van der Waals surface area contributed by atoms with E-state index in [4.69, 9.17) is 24.3 Å². The summed E-state index contributed by atoms with van der Waals surface area (Å²) in [7, 11) is -4.39. The summed E-state index contributed by atoms with van der Waals surface area (Å²) in [5.74, 6) is -0.846. The lowest BCUT2D eigenvalue weighted by molar-refractivity contribution is -0.161. The average molecular weight is 984 g/mol. The zero-order chi connectivity index (χ0) is 50.2. The Bertz CT molecular complexity index is 1450. The average Bonchev–Trinajstić information content (AvgIpc) is 3.34. The first-order valence-electron chi connectivity index (χ1n) is 27.7. The number of ether oxygens (including phenoxy) is 2. The highest BCUT2D eigenvalue weighted by molar-refractivity contribution is 7.47. The van der Waals surface area contributed by atoms with Crippen LogP contribution in [0.25, 0.3) is 0 Å². The lowest BCUT2D eigenvalue weighted by atomic mass is 10.0. The quantitative estimate of drug-likeness (QED) is 0.0264. The van der Waals surface area contributed by atoms with Crippen molar-refractivity contribution in [3.63, 3.8) is 0 Å². The monoisotopic (exact) mass is 984 g/mol. The van der Waals surface area contributed by atoms with Crippen molar-refractivity contribution in [3.05, 3.63) is 97.2 Å². The normalized spacial score (nSPS) is 13.9. The van der Waals surface area contributed by atoms with Gasteiger partial charge in [-0.25, -0.2) is 4.57 Å². The number of hydrogen-bond acceptors (Lipinski definition) is 8. The van der Waals surface area contributed by atoms with Crippen molar-refractivity contribution in [3.8, 4) is 0 Å². The maximum absolute atomic E-state index is 12.7. The summed E-state index contributed by atoms with van der Waals surface area (Å²) in [6.07, 6.45) is 71.7. The number of carbonyl (C=O) groups excluding carboxylic acids is 2. The summed E-state index contributed by atoms with van der Waals surface area (Å²) in [6, 6.07) is 0. The first kappa shape index (κ1) is 65.9. The zero-order valence-electron chi connectivity index (χ0n) is 44.0. The van der Waals surface area contributed by atoms with Crippen LogP contribution < -0.4 is 5.73 Å². The minimum absolute atomic E-state index is 0.0478. The van der Waals surface area contributed by atoms with Crippen molar-refractivity contribution in [2.24, 2.45) is 5.73 Å². The summed E-state index contributed by atoms with van der Waals surface area (Å²) in [6.45, 7) is 3.58. The van der Waals surface area contributed by atoms with Crippen molar-refractivity contribution in [2.45, 2.75) is 238 Å². The molecule has 0 aliphatic heterocycles. The number of carbonyl (C=O) groups is 2. The van der Waals surface area contributed by atoms with Crippen LogP contribution in [0.1, 0.15) is 232 Å². The molecule has 0 aliphatic carbocycles. The zero-order valence-corrected chi connectivity index (χ0v) is 44.9. The molecule has 2 unspecified atom stereocenters. The molecule has 0 saturated carbocycles. The lowest BCUT2D eigenvalue weighted by Crippen LogP contribution is -2.29. The van der Waals surface area contributed by atoms with Crippen LogP contribution in [0, 0.1) is 0 Å². The topological polar surface area (TPSA) is 134 Å². The number of phosphoric ester groups is 1. The van der Waals surface area contributed by atoms with Gasteiger partial charge in [-0.05, 0) is 96.3 Å². The molecular weight excluding hydrogens is 882 g/mol. The summed E-state index contributed by atoms with van der Waals surface area (Å²) < 4.78 is 32.9. The van der Waals surface area contributed by atoms with E-state index in [1.54, 1.807) is 0 Å². The molecule has 0 spiro atoms. The van der Waals surface area contributed by atoms with Gasteiger partial charge in [0.25, 0.3) is 0 Å². The van der Waals surface area contributed by atoms with Gasteiger partial charge >= 0.3 is 19.8 Å². The van der Waals surface area contributed by atoms with E-state index in [9.17, 15) is 19.0 Å². The summed E-state index contributed by atoms with van der Waals surface area (Å²) in [5, 5.41) is 0. The van der Waals surface area contributed by atoms with Crippen LogP contribution in [0.15, 0.2) is 97.2 Å². The van der Waals surface area contributed by atoms with E-state index in [-0.39, 0.29) is 32.6 Å². The third kappa shape index (κ3) is 54.1. The number of phosphoric acid groups is 1. The molecule has 0 bridgehead atoms. The Morgan fingerprint density at radius 3 is 1.19 bits per heavy atom. The van der Waals surface area contributed by atoms with Crippen LogP contribution in [0.3, 0.4) is 0 Å². The van der Waals surface area contributed by atoms with Gasteiger partial charge in [-0.2, -0.15) is 0 Å². The largest absolute Gasteiger partial charge is 0.472 e. The maximum atomic E-state index is 12.7. The molecule has 9 nitrogen and oxygen atoms in total. The van der Waals surface area contributed by atoms with Gasteiger partial charge in [0.1, 0.15) is 6.61 Å². The minimum atomic E-state index is -4.39. The first-order valence-corrected chi connectivity index (χ1v) is 29.2. The predicted octanol–water partition coefficient (Wildman–Crippen LogP) is 17.3. The van der Waals surface area contributed by atoms with Crippen molar-refractivity contribution in [2.75, 3.05) is 26.4 Å². The van der Waals surface area contributed by atoms with Crippen LogP contribution in [-0.2, 0) is 32.7 Å². The Balaban J connectivity index is 3.96. The molecule has 0 aromatic rings. The number of hydrogen-bond donors (Lipinski definition) is 2. The van der Waals surface area contributed by atoms with Gasteiger partial charge in [-0.3, -0.25) is 18.6 Å². The molecule has 0 aliphatic rings. The van der Waals surface area contributed by atoms with Crippen molar-refractivity contribution >= 4 is 19.8 Å². The van der Waals surface area contributed by atoms with E-state index in [2.05, 4.69) is 111 Å². The fourth-order valence-corrected chi connectivity index (χ4v) is 8.14. The minimum Gasteiger partial charge on any atom is -0.462 e. The molecule has 0 amide bonds. The number of esters is 2. The molecule has 0 heterocycles. The standard InChI is InChI=1S/C59H102NO8P/c1-3-5-7-9-11-13-15-17-19-20-21-22-23-24-25-26-27-28-29-30-31-32-33-34-35-36-38-40-42-44-46-48-50-52-59(62)68-57(56-67-69(63,64)66-54-53-60)55-65-58(61)51-49-47-45-43-41-39-37-18-16-14-12-10-8-6-4-2/h5,7,11-14,17-19,21-22,24-25,27-28,37,57H,3-4,6,8-10,15-16,20,23,26,29-36,38-56,60H2,1-2H3,(H,63,64)/b7-5-,13-11-,14-12-,19-17-,22-21-,25-24-,28-27-,37-18-. The maximum Gasteiger partial charge on any atom is 0.472 e. The van der Waals surface area contributed by atoms with Gasteiger partial charge in [0.05, 0.1) is 13.2 Å². The van der Waals surface area contributed by atoms with Gasteiger partial charge in [0.15, 0.2) is 6.10 Å². The van der Waals surface area contributed by atoms with Gasteiger partial charge in [0.2, 0.25) is 0 Å². The Kier molecular flexibility index (Phi) is 51.9. The smallest absolute Gasteiger partial charge is 0.462 e. The second-order valence-electron chi connectivity index (χ2n) is 18.1. The Morgan fingerprint density at radius 1 is 0.449 bits per heavy atom. The number of unbranched alkanes of at least 4 members (excludes halogenated alkanes) is 22. The second-order valence-corrected chi connectivity index (χ2v) is 19.5. The van der Waals surface area contributed by atoms with Crippen molar-refractivity contribution in [1.29, 1.82) is 0 Å². The molecule has 0 fully saturated rings. The predicted molar refractivity (Wildman–Crippen MR) is 293 cm³/mol. The van der Waals surface area contributed by atoms with Crippen LogP contribution in [0.5, 0.6) is 0 Å². The molecule has 69 heavy (non-hydrogen) atoms. The van der Waals surface area contributed by atoms with Crippen LogP contribution >= 0.6 is 7.82 Å². The van der Waals surface area contributed by atoms with E-state index in [0.717, 1.165) is 96.3 Å². The van der Waals surface area contributed by atoms with Crippen LogP contribution in [0.2, 0.25) is 0 Å². The third-order valence-electron chi connectivity index (χ3n) is 11.5. The molecule has 2 atom stereocenters. The number of rotatable bonds is 51. The summed E-state index contributed by atoms with van der Waals surface area (Å²) in [4.78, 5) is 35.1. The number of nitrogens with two attached hydrogens (primary N) is 1. The lowest BCUT2D eigenvalue weighted by Gasteiger charge is -2.19. The SMILES string of the molecule is CC/C=C\C/C=C\C/C=C\C/C=C\C/C=C\C/C=C\CCCCCCCCCCCCCCCCC(=O)OC(COC(=O)CCCCCCC/C=C\C/C=C\CCCCC)COP(=O)(O)OCCN. The fraction of sp³-hybridized carbons (Fsp3) is 0.695. The molecule has 0 aromatic heterocycles. The Hall–Kier alpha value is -3.07. The van der Waals surface area contributed by atoms with Gasteiger partial charge in [0, 0.05) is 19.4 Å². The molecular formula is C59H102NO8P. The summed E-state index contributed by atoms with van der Waals surface area (Å²) >= 11 is 0. The molecule has 0 saturated heterocycles. The highest BCUT2D eigenvalue weighted by Gasteiger charge is 2.26. The van der Waals surface area contributed by atoms with E-state index >= 15 is 0 Å². The van der Waals surface area contributed by atoms with Crippen molar-refractivity contribution in [1.82, 2.24) is 0 Å². The molecule has 3 N–H and O–H groups in total. The van der Waals surface area contributed by atoms with Crippen molar-refractivity contribution < 1.29 is 37.6 Å². The van der Waals surface area contributed by atoms with E-state index < -0.39 is 32.5 Å². The third-order valence-corrected chi connectivity index (χ3v) is 12.4. The number of allylic oxidation sites excluding steroid dienone is 16. The summed E-state index contributed by atoms with van der Waals surface area (Å²) in [5.41, 5.74) is 5.37. The Labute approximate surface area is 423 Å². The first-order chi connectivity index (χ1) is 33.8. The molecule has 10 heteroatoms. The van der Waals surface area contributed by atoms with Gasteiger partial charge in [-0.1, -0.05) is 220 Å². The van der Waals surface area contributed by atoms with Crippen LogP contribution in [-0.4, -0.2) is 49.3 Å². The van der Waals surface area contributed by atoms with E-state index in [1.807, 2.05) is 0 Å². The molecule has 0 rings (SSSR count). The van der Waals surface area contributed by atoms with Gasteiger partial charge < -0.3 is 20.1 Å². The molecule has 396 valence electrons. The second kappa shape index (κ2) is 54.3. The fourth-order valence-electron chi connectivity index (χ4n) is 7.37. The molecule has 0 aromatic carbocycles.